The molecule has 0 bridgehead atoms. The van der Waals surface area contributed by atoms with Crippen LogP contribution in [0.3, 0.4) is 0 Å². The number of nitrogens with zero attached hydrogens (tertiary/aromatic N) is 2. The average molecular weight is 356 g/mol. The molecule has 8 heteroatoms. The number of urea groups is 1. The lowest BCUT2D eigenvalue weighted by molar-refractivity contribution is -0.127. The molecule has 1 aliphatic heterocycles. The van der Waals surface area contributed by atoms with Gasteiger partial charge in [0.2, 0.25) is 5.91 Å². The Balaban J connectivity index is 1.70. The monoisotopic (exact) mass is 356 g/mol. The number of aryl methyl sites for hydroxylation is 1. The van der Waals surface area contributed by atoms with Crippen molar-refractivity contribution in [2.24, 2.45) is 7.05 Å². The van der Waals surface area contributed by atoms with Crippen LogP contribution in [0.25, 0.3) is 6.08 Å². The highest BCUT2D eigenvalue weighted by molar-refractivity contribution is 6.15. The highest BCUT2D eigenvalue weighted by Crippen LogP contribution is 2.16. The van der Waals surface area contributed by atoms with Crippen molar-refractivity contribution in [1.82, 2.24) is 14.8 Å². The SMILES string of the molecule is Cc1ccc(/C=C2\NC(=O)N(CC(=O)Nc3ccc(F)cc3)C2=O)n1C. The summed E-state index contributed by atoms with van der Waals surface area (Å²) in [5.74, 6) is -1.57. The third kappa shape index (κ3) is 3.49. The molecule has 1 aromatic carbocycles. The Labute approximate surface area is 149 Å². The lowest BCUT2D eigenvalue weighted by atomic mass is 10.3. The van der Waals surface area contributed by atoms with Gasteiger partial charge >= 0.3 is 6.03 Å². The number of hydrogen-bond donors (Lipinski definition) is 2. The van der Waals surface area contributed by atoms with Gasteiger partial charge in [0.05, 0.1) is 0 Å². The largest absolute Gasteiger partial charge is 0.348 e. The van der Waals surface area contributed by atoms with Crippen molar-refractivity contribution in [1.29, 1.82) is 0 Å². The number of anilines is 1. The van der Waals surface area contributed by atoms with Crippen molar-refractivity contribution in [3.8, 4) is 0 Å². The van der Waals surface area contributed by atoms with Crippen molar-refractivity contribution in [3.05, 3.63) is 59.3 Å². The molecule has 2 N–H and O–H groups in total. The predicted molar refractivity (Wildman–Crippen MR) is 93.4 cm³/mol. The van der Waals surface area contributed by atoms with E-state index in [-0.39, 0.29) is 5.70 Å². The van der Waals surface area contributed by atoms with Crippen LogP contribution in [0.2, 0.25) is 0 Å². The molecule has 7 nitrogen and oxygen atoms in total. The summed E-state index contributed by atoms with van der Waals surface area (Å²) in [5.41, 5.74) is 2.23. The molecule has 1 aliphatic rings. The van der Waals surface area contributed by atoms with Gasteiger partial charge in [0.1, 0.15) is 18.1 Å². The van der Waals surface area contributed by atoms with Crippen LogP contribution < -0.4 is 10.6 Å². The van der Waals surface area contributed by atoms with Gasteiger partial charge in [-0.1, -0.05) is 0 Å². The topological polar surface area (TPSA) is 83.4 Å². The van der Waals surface area contributed by atoms with Gasteiger partial charge < -0.3 is 15.2 Å². The molecule has 0 aliphatic carbocycles. The summed E-state index contributed by atoms with van der Waals surface area (Å²) in [5, 5.41) is 4.98. The fraction of sp³-hybridized carbons (Fsp3) is 0.167. The van der Waals surface area contributed by atoms with E-state index in [0.29, 0.717) is 5.69 Å². The van der Waals surface area contributed by atoms with Gasteiger partial charge in [-0.15, -0.1) is 0 Å². The molecule has 1 saturated heterocycles. The highest BCUT2D eigenvalue weighted by Gasteiger charge is 2.35. The van der Waals surface area contributed by atoms with Crippen LogP contribution >= 0.6 is 0 Å². The molecule has 0 atom stereocenters. The zero-order valence-electron chi connectivity index (χ0n) is 14.2. The zero-order chi connectivity index (χ0) is 18.8. The van der Waals surface area contributed by atoms with E-state index in [1.165, 1.54) is 24.3 Å². The first-order chi connectivity index (χ1) is 12.3. The molecular weight excluding hydrogens is 339 g/mol. The van der Waals surface area contributed by atoms with Gasteiger partial charge in [0, 0.05) is 24.1 Å². The lowest BCUT2D eigenvalue weighted by Crippen LogP contribution is -2.38. The summed E-state index contributed by atoms with van der Waals surface area (Å²) in [4.78, 5) is 37.3. The molecule has 0 unspecified atom stereocenters. The summed E-state index contributed by atoms with van der Waals surface area (Å²) in [6.07, 6.45) is 1.56. The van der Waals surface area contributed by atoms with Gasteiger partial charge in [0.15, 0.2) is 0 Å². The molecule has 134 valence electrons. The van der Waals surface area contributed by atoms with E-state index in [2.05, 4.69) is 10.6 Å². The molecule has 0 saturated carbocycles. The molecular formula is C18H17FN4O3. The van der Waals surface area contributed by atoms with Crippen LogP contribution in [-0.4, -0.2) is 33.9 Å². The number of aromatic nitrogens is 1. The summed E-state index contributed by atoms with van der Waals surface area (Å²) in [7, 11) is 1.84. The molecule has 0 radical (unpaired) electrons. The molecule has 1 fully saturated rings. The van der Waals surface area contributed by atoms with Crippen LogP contribution in [0.4, 0.5) is 14.9 Å². The number of carbonyl (C=O) groups excluding carboxylic acids is 3. The predicted octanol–water partition coefficient (Wildman–Crippen LogP) is 2.00. The maximum Gasteiger partial charge on any atom is 0.329 e. The number of rotatable bonds is 4. The fourth-order valence-corrected chi connectivity index (χ4v) is 2.52. The quantitative estimate of drug-likeness (QED) is 0.649. The van der Waals surface area contributed by atoms with Crippen LogP contribution in [0.1, 0.15) is 11.4 Å². The second-order valence-electron chi connectivity index (χ2n) is 5.89. The number of imide groups is 1. The number of halogens is 1. The number of carbonyl (C=O) groups is 3. The van der Waals surface area contributed by atoms with Crippen LogP contribution in [0.15, 0.2) is 42.1 Å². The molecule has 2 aromatic rings. The van der Waals surface area contributed by atoms with Crippen molar-refractivity contribution in [3.63, 3.8) is 0 Å². The van der Waals surface area contributed by atoms with Crippen molar-refractivity contribution < 1.29 is 18.8 Å². The molecule has 2 heterocycles. The lowest BCUT2D eigenvalue weighted by Gasteiger charge is -2.11. The Morgan fingerprint density at radius 3 is 2.50 bits per heavy atom. The fourth-order valence-electron chi connectivity index (χ4n) is 2.52. The van der Waals surface area contributed by atoms with Gasteiger partial charge in [-0.05, 0) is 49.4 Å². The maximum atomic E-state index is 12.9. The van der Waals surface area contributed by atoms with Gasteiger partial charge in [0.25, 0.3) is 5.91 Å². The zero-order valence-corrected chi connectivity index (χ0v) is 14.2. The molecule has 1 aromatic heterocycles. The standard InChI is InChI=1S/C18H17FN4O3/c1-11-3-8-14(22(11)2)9-15-17(25)23(18(26)21-15)10-16(24)20-13-6-4-12(19)5-7-13/h3-9H,10H2,1-2H3,(H,20,24)(H,21,26)/b15-9-. The van der Waals surface area contributed by atoms with E-state index in [1.807, 2.05) is 30.7 Å². The summed E-state index contributed by atoms with van der Waals surface area (Å²) >= 11 is 0. The molecule has 3 rings (SSSR count). The van der Waals surface area contributed by atoms with Crippen molar-refractivity contribution in [2.45, 2.75) is 6.92 Å². The minimum Gasteiger partial charge on any atom is -0.348 e. The van der Waals surface area contributed by atoms with E-state index in [4.69, 9.17) is 0 Å². The van der Waals surface area contributed by atoms with Crippen molar-refractivity contribution in [2.75, 3.05) is 11.9 Å². The van der Waals surface area contributed by atoms with Gasteiger partial charge in [-0.25, -0.2) is 14.1 Å². The number of hydrogen-bond acceptors (Lipinski definition) is 3. The third-order valence-electron chi connectivity index (χ3n) is 4.10. The smallest absolute Gasteiger partial charge is 0.329 e. The maximum absolute atomic E-state index is 12.9. The van der Waals surface area contributed by atoms with Gasteiger partial charge in [-0.2, -0.15) is 0 Å². The Hall–Kier alpha value is -3.42. The minimum atomic E-state index is -0.665. The summed E-state index contributed by atoms with van der Waals surface area (Å²) in [6.45, 7) is 1.48. The number of amides is 4. The second-order valence-corrected chi connectivity index (χ2v) is 5.89. The molecule has 26 heavy (non-hydrogen) atoms. The first-order valence-electron chi connectivity index (χ1n) is 7.87. The molecule has 4 amide bonds. The summed E-state index contributed by atoms with van der Waals surface area (Å²) in [6, 6.07) is 8.23. The van der Waals surface area contributed by atoms with Crippen molar-refractivity contribution >= 4 is 29.6 Å². The minimum absolute atomic E-state index is 0.103. The highest BCUT2D eigenvalue weighted by atomic mass is 19.1. The second kappa shape index (κ2) is 6.83. The van der Waals surface area contributed by atoms with Crippen LogP contribution in [-0.2, 0) is 16.6 Å². The van der Waals surface area contributed by atoms with E-state index < -0.39 is 30.2 Å². The van der Waals surface area contributed by atoms with E-state index >= 15 is 0 Å². The Morgan fingerprint density at radius 2 is 1.88 bits per heavy atom. The summed E-state index contributed by atoms with van der Waals surface area (Å²) < 4.78 is 14.8. The molecule has 0 spiro atoms. The third-order valence-corrected chi connectivity index (χ3v) is 4.10. The normalized spacial score (nSPS) is 15.5. The Kier molecular flexibility index (Phi) is 4.57. The number of benzene rings is 1. The van der Waals surface area contributed by atoms with E-state index in [0.717, 1.165) is 16.3 Å². The first kappa shape index (κ1) is 17.4. The first-order valence-corrected chi connectivity index (χ1v) is 7.87. The van der Waals surface area contributed by atoms with E-state index in [9.17, 15) is 18.8 Å². The average Bonchev–Trinajstić information content (AvgIpc) is 3.05. The van der Waals surface area contributed by atoms with Gasteiger partial charge in [-0.3, -0.25) is 9.59 Å². The Bertz CT molecular complexity index is 915. The van der Waals surface area contributed by atoms with Crippen LogP contribution in [0, 0.1) is 12.7 Å². The Morgan fingerprint density at radius 1 is 1.19 bits per heavy atom. The van der Waals surface area contributed by atoms with E-state index in [1.54, 1.807) is 6.08 Å². The number of nitrogens with one attached hydrogen (secondary N) is 2. The van der Waals surface area contributed by atoms with Crippen LogP contribution in [0.5, 0.6) is 0 Å².